The Labute approximate surface area is 118 Å². The van der Waals surface area contributed by atoms with Gasteiger partial charge in [-0.2, -0.15) is 10.2 Å². The molecule has 3 aromatic rings. The fourth-order valence-electron chi connectivity index (χ4n) is 2.44. The van der Waals surface area contributed by atoms with Crippen molar-refractivity contribution in [3.05, 3.63) is 48.4 Å². The molecule has 1 unspecified atom stereocenters. The van der Waals surface area contributed by atoms with E-state index in [2.05, 4.69) is 40.6 Å². The van der Waals surface area contributed by atoms with Crippen molar-refractivity contribution in [1.82, 2.24) is 24.9 Å². The summed E-state index contributed by atoms with van der Waals surface area (Å²) in [6, 6.07) is 10.6. The highest BCUT2D eigenvalue weighted by Gasteiger charge is 2.09. The van der Waals surface area contributed by atoms with Gasteiger partial charge in [0.15, 0.2) is 0 Å². The van der Waals surface area contributed by atoms with E-state index < -0.39 is 0 Å². The quantitative estimate of drug-likeness (QED) is 0.770. The number of rotatable bonds is 5. The number of hydrogen-bond acceptors (Lipinski definition) is 3. The zero-order valence-electron chi connectivity index (χ0n) is 11.8. The number of para-hydroxylation sites is 1. The number of nitrogens with one attached hydrogen (secondary N) is 1. The minimum atomic E-state index is 0.343. The lowest BCUT2D eigenvalue weighted by Gasteiger charge is -2.12. The van der Waals surface area contributed by atoms with E-state index in [0.29, 0.717) is 6.04 Å². The lowest BCUT2D eigenvalue weighted by Crippen LogP contribution is -2.30. The summed E-state index contributed by atoms with van der Waals surface area (Å²) >= 11 is 0. The zero-order chi connectivity index (χ0) is 13.9. The normalized spacial score (nSPS) is 12.9. The molecule has 5 nitrogen and oxygen atoms in total. The number of benzene rings is 1. The van der Waals surface area contributed by atoms with Crippen LogP contribution in [0.15, 0.2) is 42.7 Å². The summed E-state index contributed by atoms with van der Waals surface area (Å²) < 4.78 is 3.87. The molecule has 0 radical (unpaired) electrons. The van der Waals surface area contributed by atoms with Crippen LogP contribution < -0.4 is 5.32 Å². The van der Waals surface area contributed by atoms with Crippen molar-refractivity contribution >= 4 is 10.9 Å². The van der Waals surface area contributed by atoms with Gasteiger partial charge in [-0.3, -0.25) is 9.36 Å². The fourth-order valence-corrected chi connectivity index (χ4v) is 2.44. The number of aryl methyl sites for hydroxylation is 1. The molecule has 0 saturated carbocycles. The first-order valence-electron chi connectivity index (χ1n) is 6.85. The number of aromatic nitrogens is 4. The molecular formula is C15H19N5. The second kappa shape index (κ2) is 5.46. The lowest BCUT2D eigenvalue weighted by molar-refractivity contribution is 0.448. The van der Waals surface area contributed by atoms with Crippen LogP contribution in [0.1, 0.15) is 12.6 Å². The molecule has 5 heteroatoms. The molecule has 104 valence electrons. The highest BCUT2D eigenvalue weighted by Crippen LogP contribution is 2.17. The Morgan fingerprint density at radius 3 is 2.90 bits per heavy atom. The van der Waals surface area contributed by atoms with Gasteiger partial charge in [0.1, 0.15) is 0 Å². The molecular weight excluding hydrogens is 250 g/mol. The van der Waals surface area contributed by atoms with Gasteiger partial charge in [0.25, 0.3) is 0 Å². The minimum absolute atomic E-state index is 0.343. The Bertz CT molecular complexity index is 683. The first-order valence-corrected chi connectivity index (χ1v) is 6.85. The maximum atomic E-state index is 4.59. The summed E-state index contributed by atoms with van der Waals surface area (Å²) in [5, 5.41) is 13.5. The largest absolute Gasteiger partial charge is 0.307 e. The van der Waals surface area contributed by atoms with E-state index in [1.54, 1.807) is 6.20 Å². The fraction of sp³-hybridized carbons (Fsp3) is 0.333. The molecule has 0 saturated heterocycles. The Balaban J connectivity index is 1.68. The van der Waals surface area contributed by atoms with Crippen molar-refractivity contribution < 1.29 is 0 Å². The molecule has 20 heavy (non-hydrogen) atoms. The van der Waals surface area contributed by atoms with Crippen LogP contribution in [0.4, 0.5) is 0 Å². The van der Waals surface area contributed by atoms with Gasteiger partial charge in [0, 0.05) is 37.4 Å². The molecule has 0 bridgehead atoms. The van der Waals surface area contributed by atoms with Crippen LogP contribution in [-0.2, 0) is 20.1 Å². The van der Waals surface area contributed by atoms with Gasteiger partial charge in [-0.15, -0.1) is 0 Å². The molecule has 1 atom stereocenters. The molecule has 0 aliphatic heterocycles. The van der Waals surface area contributed by atoms with Crippen LogP contribution in [0.5, 0.6) is 0 Å². The predicted molar refractivity (Wildman–Crippen MR) is 79.2 cm³/mol. The van der Waals surface area contributed by atoms with E-state index in [1.807, 2.05) is 34.7 Å². The van der Waals surface area contributed by atoms with E-state index in [1.165, 1.54) is 10.9 Å². The third kappa shape index (κ3) is 2.58. The summed E-state index contributed by atoms with van der Waals surface area (Å²) in [5.41, 5.74) is 2.26. The summed E-state index contributed by atoms with van der Waals surface area (Å²) in [5.74, 6) is 0. The molecule has 0 aliphatic rings. The SMILES string of the molecule is CC(Cn1cccn1)NCc1nn(C)c2ccccc12. The van der Waals surface area contributed by atoms with Crippen LogP contribution in [0.25, 0.3) is 10.9 Å². The van der Waals surface area contributed by atoms with Gasteiger partial charge in [-0.25, -0.2) is 0 Å². The highest BCUT2D eigenvalue weighted by molar-refractivity contribution is 5.81. The second-order valence-electron chi connectivity index (χ2n) is 5.10. The van der Waals surface area contributed by atoms with Gasteiger partial charge in [0.05, 0.1) is 17.8 Å². The average molecular weight is 269 g/mol. The Morgan fingerprint density at radius 2 is 2.10 bits per heavy atom. The van der Waals surface area contributed by atoms with Crippen molar-refractivity contribution in [3.63, 3.8) is 0 Å². The van der Waals surface area contributed by atoms with E-state index in [4.69, 9.17) is 0 Å². The number of hydrogen-bond donors (Lipinski definition) is 1. The van der Waals surface area contributed by atoms with Crippen LogP contribution in [0.3, 0.4) is 0 Å². The molecule has 0 spiro atoms. The van der Waals surface area contributed by atoms with Gasteiger partial charge in [-0.05, 0) is 19.1 Å². The van der Waals surface area contributed by atoms with Crippen LogP contribution in [0, 0.1) is 0 Å². The third-order valence-electron chi connectivity index (χ3n) is 3.47. The molecule has 3 rings (SSSR count). The van der Waals surface area contributed by atoms with Crippen LogP contribution >= 0.6 is 0 Å². The Hall–Kier alpha value is -2.14. The maximum Gasteiger partial charge on any atom is 0.0841 e. The monoisotopic (exact) mass is 269 g/mol. The lowest BCUT2D eigenvalue weighted by atomic mass is 10.2. The minimum Gasteiger partial charge on any atom is -0.307 e. The van der Waals surface area contributed by atoms with E-state index in [-0.39, 0.29) is 0 Å². The zero-order valence-corrected chi connectivity index (χ0v) is 11.8. The van der Waals surface area contributed by atoms with Crippen molar-refractivity contribution in [2.24, 2.45) is 7.05 Å². The molecule has 1 aromatic carbocycles. The summed E-state index contributed by atoms with van der Waals surface area (Å²) in [4.78, 5) is 0. The van der Waals surface area contributed by atoms with Gasteiger partial charge >= 0.3 is 0 Å². The predicted octanol–water partition coefficient (Wildman–Crippen LogP) is 1.95. The smallest absolute Gasteiger partial charge is 0.0841 e. The first-order chi connectivity index (χ1) is 9.74. The first kappa shape index (κ1) is 12.9. The average Bonchev–Trinajstić information content (AvgIpc) is 3.06. The van der Waals surface area contributed by atoms with E-state index in [0.717, 1.165) is 18.8 Å². The number of nitrogens with zero attached hydrogens (tertiary/aromatic N) is 4. The molecule has 1 N–H and O–H groups in total. The highest BCUT2D eigenvalue weighted by atomic mass is 15.3. The number of fused-ring (bicyclic) bond motifs is 1. The van der Waals surface area contributed by atoms with Crippen molar-refractivity contribution in [3.8, 4) is 0 Å². The third-order valence-corrected chi connectivity index (χ3v) is 3.47. The molecule has 2 heterocycles. The summed E-state index contributed by atoms with van der Waals surface area (Å²) in [7, 11) is 1.99. The molecule has 0 fully saturated rings. The maximum absolute atomic E-state index is 4.59. The van der Waals surface area contributed by atoms with Gasteiger partial charge in [-0.1, -0.05) is 18.2 Å². The van der Waals surface area contributed by atoms with E-state index in [9.17, 15) is 0 Å². The standard InChI is InChI=1S/C15H19N5/c1-12(11-20-9-5-8-17-20)16-10-14-13-6-3-4-7-15(13)19(2)18-14/h3-9,12,16H,10-11H2,1-2H3. The van der Waals surface area contributed by atoms with E-state index >= 15 is 0 Å². The Morgan fingerprint density at radius 1 is 1.25 bits per heavy atom. The second-order valence-corrected chi connectivity index (χ2v) is 5.10. The summed E-state index contributed by atoms with van der Waals surface area (Å²) in [6.45, 7) is 3.79. The van der Waals surface area contributed by atoms with Crippen molar-refractivity contribution in [1.29, 1.82) is 0 Å². The van der Waals surface area contributed by atoms with Crippen molar-refractivity contribution in [2.45, 2.75) is 26.1 Å². The Kier molecular flexibility index (Phi) is 3.52. The molecule has 2 aromatic heterocycles. The molecule has 0 amide bonds. The summed E-state index contributed by atoms with van der Waals surface area (Å²) in [6.07, 6.45) is 3.79. The van der Waals surface area contributed by atoms with Crippen molar-refractivity contribution in [2.75, 3.05) is 0 Å². The van der Waals surface area contributed by atoms with Gasteiger partial charge < -0.3 is 5.32 Å². The van der Waals surface area contributed by atoms with Crippen LogP contribution in [0.2, 0.25) is 0 Å². The van der Waals surface area contributed by atoms with Crippen LogP contribution in [-0.4, -0.2) is 25.6 Å². The topological polar surface area (TPSA) is 47.7 Å². The van der Waals surface area contributed by atoms with Gasteiger partial charge in [0.2, 0.25) is 0 Å². The molecule has 0 aliphatic carbocycles.